The molecule has 1 unspecified atom stereocenters. The highest BCUT2D eigenvalue weighted by atomic mass is 15.2. The molecule has 4 heteroatoms. The molecule has 2 aliphatic rings. The summed E-state index contributed by atoms with van der Waals surface area (Å²) in [6.45, 7) is 7.84. The van der Waals surface area contributed by atoms with Crippen LogP contribution in [0.1, 0.15) is 45.1 Å². The predicted molar refractivity (Wildman–Crippen MR) is 96.3 cm³/mol. The molecule has 1 aliphatic carbocycles. The van der Waals surface area contributed by atoms with Crippen LogP contribution in [-0.4, -0.2) is 36.0 Å². The third-order valence-electron chi connectivity index (χ3n) is 5.45. The SMILES string of the molecule is CC1(C)CCC1N=C(N)NC1CCN(Cc2ccccc2)CC1. The van der Waals surface area contributed by atoms with E-state index in [1.807, 2.05) is 0 Å². The van der Waals surface area contributed by atoms with Gasteiger partial charge in [0.2, 0.25) is 0 Å². The third kappa shape index (κ3) is 4.25. The average Bonchev–Trinajstić information content (AvgIpc) is 2.55. The van der Waals surface area contributed by atoms with Gasteiger partial charge in [0.15, 0.2) is 5.96 Å². The van der Waals surface area contributed by atoms with Crippen LogP contribution >= 0.6 is 0 Å². The molecule has 1 saturated heterocycles. The fourth-order valence-electron chi connectivity index (χ4n) is 3.58. The van der Waals surface area contributed by atoms with Gasteiger partial charge in [-0.2, -0.15) is 0 Å². The van der Waals surface area contributed by atoms with Crippen LogP contribution < -0.4 is 11.1 Å². The number of hydrogen-bond donors (Lipinski definition) is 2. The lowest BCUT2D eigenvalue weighted by Crippen LogP contribution is -2.48. The quantitative estimate of drug-likeness (QED) is 0.664. The number of piperidine rings is 1. The number of nitrogens with two attached hydrogens (primary N) is 1. The number of aliphatic imine (C=N–C) groups is 1. The molecular formula is C19H30N4. The summed E-state index contributed by atoms with van der Waals surface area (Å²) in [4.78, 5) is 7.21. The summed E-state index contributed by atoms with van der Waals surface area (Å²) in [6, 6.07) is 11.6. The smallest absolute Gasteiger partial charge is 0.189 e. The molecule has 3 N–H and O–H groups in total. The molecule has 126 valence electrons. The topological polar surface area (TPSA) is 53.6 Å². The number of guanidine groups is 1. The number of hydrogen-bond acceptors (Lipinski definition) is 2. The van der Waals surface area contributed by atoms with Crippen LogP contribution in [0.3, 0.4) is 0 Å². The van der Waals surface area contributed by atoms with E-state index in [0.29, 0.717) is 23.5 Å². The van der Waals surface area contributed by atoms with E-state index >= 15 is 0 Å². The van der Waals surface area contributed by atoms with Gasteiger partial charge < -0.3 is 11.1 Å². The third-order valence-corrected chi connectivity index (χ3v) is 5.45. The fourth-order valence-corrected chi connectivity index (χ4v) is 3.58. The molecule has 23 heavy (non-hydrogen) atoms. The van der Waals surface area contributed by atoms with Gasteiger partial charge in [-0.3, -0.25) is 4.90 Å². The molecular weight excluding hydrogens is 284 g/mol. The van der Waals surface area contributed by atoms with Crippen LogP contribution in [0, 0.1) is 5.41 Å². The molecule has 1 aliphatic heterocycles. The van der Waals surface area contributed by atoms with Crippen molar-refractivity contribution in [3.63, 3.8) is 0 Å². The van der Waals surface area contributed by atoms with E-state index in [1.54, 1.807) is 0 Å². The minimum absolute atomic E-state index is 0.325. The molecule has 0 aromatic heterocycles. The number of likely N-dealkylation sites (tertiary alicyclic amines) is 1. The van der Waals surface area contributed by atoms with Gasteiger partial charge >= 0.3 is 0 Å². The summed E-state index contributed by atoms with van der Waals surface area (Å²) in [7, 11) is 0. The highest BCUT2D eigenvalue weighted by Crippen LogP contribution is 2.42. The first-order valence-corrected chi connectivity index (χ1v) is 8.89. The molecule has 1 atom stereocenters. The summed E-state index contributed by atoms with van der Waals surface area (Å²) in [6.07, 6.45) is 4.70. The number of rotatable bonds is 4. The van der Waals surface area contributed by atoms with Gasteiger partial charge in [0, 0.05) is 25.7 Å². The Morgan fingerprint density at radius 3 is 2.48 bits per heavy atom. The van der Waals surface area contributed by atoms with Gasteiger partial charge in [-0.25, -0.2) is 4.99 Å². The molecule has 4 nitrogen and oxygen atoms in total. The van der Waals surface area contributed by atoms with Crippen LogP contribution in [-0.2, 0) is 6.54 Å². The zero-order valence-corrected chi connectivity index (χ0v) is 14.5. The second-order valence-corrected chi connectivity index (χ2v) is 7.74. The lowest BCUT2D eigenvalue weighted by Gasteiger charge is -2.42. The highest BCUT2D eigenvalue weighted by molar-refractivity contribution is 5.78. The zero-order chi connectivity index (χ0) is 16.3. The van der Waals surface area contributed by atoms with E-state index in [-0.39, 0.29) is 0 Å². The van der Waals surface area contributed by atoms with Crippen molar-refractivity contribution in [2.45, 2.75) is 58.2 Å². The molecule has 3 rings (SSSR count). The van der Waals surface area contributed by atoms with Gasteiger partial charge in [0.25, 0.3) is 0 Å². The molecule has 0 spiro atoms. The van der Waals surface area contributed by atoms with Gasteiger partial charge in [0.05, 0.1) is 6.04 Å². The molecule has 0 amide bonds. The summed E-state index contributed by atoms with van der Waals surface area (Å²) in [5.41, 5.74) is 7.84. The number of nitrogens with zero attached hydrogens (tertiary/aromatic N) is 2. The van der Waals surface area contributed by atoms with Crippen LogP contribution in [0.2, 0.25) is 0 Å². The van der Waals surface area contributed by atoms with Crippen LogP contribution in [0.4, 0.5) is 0 Å². The average molecular weight is 314 g/mol. The minimum Gasteiger partial charge on any atom is -0.370 e. The van der Waals surface area contributed by atoms with Gasteiger partial charge in [-0.15, -0.1) is 0 Å². The van der Waals surface area contributed by atoms with E-state index in [1.165, 1.54) is 18.4 Å². The number of nitrogens with one attached hydrogen (secondary N) is 1. The summed E-state index contributed by atoms with van der Waals surface area (Å²) < 4.78 is 0. The Kier molecular flexibility index (Phi) is 4.90. The Balaban J connectivity index is 1.43. The number of benzene rings is 1. The van der Waals surface area contributed by atoms with E-state index in [9.17, 15) is 0 Å². The Hall–Kier alpha value is -1.55. The van der Waals surface area contributed by atoms with Crippen LogP contribution in [0.25, 0.3) is 0 Å². The predicted octanol–water partition coefficient (Wildman–Crippen LogP) is 2.74. The highest BCUT2D eigenvalue weighted by Gasteiger charge is 2.38. The van der Waals surface area contributed by atoms with Gasteiger partial charge in [0.1, 0.15) is 0 Å². The molecule has 1 aromatic carbocycles. The fraction of sp³-hybridized carbons (Fsp3) is 0.632. The summed E-state index contributed by atoms with van der Waals surface area (Å²) >= 11 is 0. The van der Waals surface area contributed by atoms with E-state index in [2.05, 4.69) is 59.4 Å². The van der Waals surface area contributed by atoms with Crippen molar-refractivity contribution in [1.82, 2.24) is 10.2 Å². The molecule has 2 fully saturated rings. The maximum Gasteiger partial charge on any atom is 0.189 e. The molecule has 0 bridgehead atoms. The Labute approximate surface area is 140 Å². The first-order chi connectivity index (χ1) is 11.0. The van der Waals surface area contributed by atoms with E-state index in [0.717, 1.165) is 32.5 Å². The lowest BCUT2D eigenvalue weighted by atomic mass is 9.68. The van der Waals surface area contributed by atoms with E-state index < -0.39 is 0 Å². The first kappa shape index (κ1) is 16.3. The van der Waals surface area contributed by atoms with Crippen molar-refractivity contribution < 1.29 is 0 Å². The zero-order valence-electron chi connectivity index (χ0n) is 14.5. The van der Waals surface area contributed by atoms with Crippen molar-refractivity contribution in [1.29, 1.82) is 0 Å². The Morgan fingerprint density at radius 1 is 1.22 bits per heavy atom. The summed E-state index contributed by atoms with van der Waals surface area (Å²) in [5.74, 6) is 0.643. The maximum atomic E-state index is 6.12. The van der Waals surface area contributed by atoms with Crippen LogP contribution in [0.15, 0.2) is 35.3 Å². The monoisotopic (exact) mass is 314 g/mol. The van der Waals surface area contributed by atoms with Crippen molar-refractivity contribution in [3.8, 4) is 0 Å². The van der Waals surface area contributed by atoms with Crippen molar-refractivity contribution >= 4 is 5.96 Å². The molecule has 1 heterocycles. The van der Waals surface area contributed by atoms with Crippen molar-refractivity contribution in [2.75, 3.05) is 13.1 Å². The maximum absolute atomic E-state index is 6.12. The second kappa shape index (κ2) is 6.91. The largest absolute Gasteiger partial charge is 0.370 e. The minimum atomic E-state index is 0.325. The van der Waals surface area contributed by atoms with Crippen molar-refractivity contribution in [3.05, 3.63) is 35.9 Å². The van der Waals surface area contributed by atoms with Crippen molar-refractivity contribution in [2.24, 2.45) is 16.1 Å². The summed E-state index contributed by atoms with van der Waals surface area (Å²) in [5, 5.41) is 3.44. The first-order valence-electron chi connectivity index (χ1n) is 8.89. The van der Waals surface area contributed by atoms with E-state index in [4.69, 9.17) is 5.73 Å². The Bertz CT molecular complexity index is 530. The lowest BCUT2D eigenvalue weighted by molar-refractivity contribution is 0.144. The molecule has 1 saturated carbocycles. The molecule has 1 aromatic rings. The van der Waals surface area contributed by atoms with Crippen LogP contribution in [0.5, 0.6) is 0 Å². The Morgan fingerprint density at radius 2 is 1.91 bits per heavy atom. The normalized spacial score (nSPS) is 25.8. The van der Waals surface area contributed by atoms with Gasteiger partial charge in [-0.05, 0) is 36.7 Å². The second-order valence-electron chi connectivity index (χ2n) is 7.74. The molecule has 0 radical (unpaired) electrons. The van der Waals surface area contributed by atoms with Gasteiger partial charge in [-0.1, -0.05) is 44.2 Å². The standard InChI is InChI=1S/C19H30N4/c1-19(2)11-8-17(19)22-18(20)21-16-9-12-23(13-10-16)14-15-6-4-3-5-7-15/h3-7,16-17H,8-14H2,1-2H3,(H3,20,21,22).